The lowest BCUT2D eigenvalue weighted by atomic mass is 9.96. The molecule has 0 N–H and O–H groups in total. The fourth-order valence-electron chi connectivity index (χ4n) is 3.37. The first kappa shape index (κ1) is 18.7. The van der Waals surface area contributed by atoms with Gasteiger partial charge in [0.05, 0.1) is 5.92 Å². The van der Waals surface area contributed by atoms with Crippen LogP contribution in [0.2, 0.25) is 0 Å². The fourth-order valence-corrected chi connectivity index (χ4v) is 3.37. The zero-order valence-electron chi connectivity index (χ0n) is 16.0. The van der Waals surface area contributed by atoms with Crippen LogP contribution in [0.4, 0.5) is 4.79 Å². The second kappa shape index (κ2) is 7.64. The second-order valence-corrected chi connectivity index (χ2v) is 8.32. The normalized spacial score (nSPS) is 20.6. The molecule has 0 bridgehead atoms. The Morgan fingerprint density at radius 3 is 2.69 bits per heavy atom. The van der Waals surface area contributed by atoms with Gasteiger partial charge < -0.3 is 14.5 Å². The molecule has 26 heavy (non-hydrogen) atoms. The average Bonchev–Trinajstić information content (AvgIpc) is 3.43. The van der Waals surface area contributed by atoms with Crippen LogP contribution in [0.1, 0.15) is 52.0 Å². The summed E-state index contributed by atoms with van der Waals surface area (Å²) in [7, 11) is 0. The van der Waals surface area contributed by atoms with Crippen molar-refractivity contribution in [3.8, 4) is 0 Å². The van der Waals surface area contributed by atoms with Gasteiger partial charge in [0.2, 0.25) is 5.91 Å². The van der Waals surface area contributed by atoms with Crippen molar-refractivity contribution in [2.24, 2.45) is 5.92 Å². The maximum absolute atomic E-state index is 13.2. The Morgan fingerprint density at radius 2 is 2.08 bits per heavy atom. The lowest BCUT2D eigenvalue weighted by Crippen LogP contribution is -2.48. The number of pyridine rings is 1. The maximum Gasteiger partial charge on any atom is 0.410 e. The van der Waals surface area contributed by atoms with Gasteiger partial charge in [0.25, 0.3) is 0 Å². The summed E-state index contributed by atoms with van der Waals surface area (Å²) in [4.78, 5) is 33.3. The monoisotopic (exact) mass is 359 g/mol. The molecule has 1 aromatic rings. The third kappa shape index (κ3) is 4.96. The lowest BCUT2D eigenvalue weighted by Gasteiger charge is -2.36. The molecule has 2 amide bonds. The first-order chi connectivity index (χ1) is 12.3. The van der Waals surface area contributed by atoms with E-state index in [1.54, 1.807) is 11.1 Å². The molecule has 2 heterocycles. The van der Waals surface area contributed by atoms with Gasteiger partial charge in [-0.2, -0.15) is 0 Å². The van der Waals surface area contributed by atoms with Crippen molar-refractivity contribution in [1.82, 2.24) is 14.8 Å². The van der Waals surface area contributed by atoms with Crippen LogP contribution in [0.3, 0.4) is 0 Å². The van der Waals surface area contributed by atoms with Crippen molar-refractivity contribution in [2.75, 3.05) is 13.1 Å². The van der Waals surface area contributed by atoms with Crippen LogP contribution in [0.25, 0.3) is 0 Å². The number of carbonyl (C=O) groups excluding carboxylic acids is 2. The molecule has 3 rings (SSSR count). The van der Waals surface area contributed by atoms with Crippen molar-refractivity contribution in [3.63, 3.8) is 0 Å². The minimum atomic E-state index is -0.519. The molecule has 1 saturated heterocycles. The van der Waals surface area contributed by atoms with Crippen molar-refractivity contribution >= 4 is 12.0 Å². The number of aromatic nitrogens is 1. The van der Waals surface area contributed by atoms with E-state index in [0.29, 0.717) is 25.7 Å². The summed E-state index contributed by atoms with van der Waals surface area (Å²) in [5.74, 6) is 0.0122. The number of hydrogen-bond acceptors (Lipinski definition) is 4. The SMILES string of the molecule is CC(C)(C)OC(=O)N1CCC[C@H](C(=O)N(Cc2cccnc2)C2CC2)C1. The Balaban J connectivity index is 1.64. The zero-order valence-corrected chi connectivity index (χ0v) is 16.0. The summed E-state index contributed by atoms with van der Waals surface area (Å²) in [6, 6.07) is 4.24. The van der Waals surface area contributed by atoms with Gasteiger partial charge in [0.15, 0.2) is 0 Å². The summed E-state index contributed by atoms with van der Waals surface area (Å²) in [6.45, 7) is 7.29. The van der Waals surface area contributed by atoms with Crippen LogP contribution in [0.15, 0.2) is 24.5 Å². The summed E-state index contributed by atoms with van der Waals surface area (Å²) in [5.41, 5.74) is 0.529. The van der Waals surface area contributed by atoms with Crippen molar-refractivity contribution in [2.45, 2.75) is 64.6 Å². The van der Waals surface area contributed by atoms with E-state index in [1.165, 1.54) is 0 Å². The molecule has 0 unspecified atom stereocenters. The minimum absolute atomic E-state index is 0.145. The van der Waals surface area contributed by atoms with Gasteiger partial charge in [-0.25, -0.2) is 4.79 Å². The molecule has 1 aliphatic carbocycles. The third-order valence-electron chi connectivity index (χ3n) is 4.77. The number of ether oxygens (including phenoxy) is 1. The molecule has 1 saturated carbocycles. The van der Waals surface area contributed by atoms with Crippen molar-refractivity contribution in [3.05, 3.63) is 30.1 Å². The Bertz CT molecular complexity index is 637. The molecule has 2 aliphatic rings. The van der Waals surface area contributed by atoms with E-state index >= 15 is 0 Å². The molecule has 6 heteroatoms. The molecular formula is C20H29N3O3. The Morgan fingerprint density at radius 1 is 1.31 bits per heavy atom. The van der Waals surface area contributed by atoms with E-state index in [0.717, 1.165) is 31.2 Å². The standard InChI is InChI=1S/C20H29N3O3/c1-20(2,3)26-19(25)22-11-5-7-16(14-22)18(24)23(17-8-9-17)13-15-6-4-10-21-12-15/h4,6,10,12,16-17H,5,7-9,11,13-14H2,1-3H3/t16-/m0/s1. The largest absolute Gasteiger partial charge is 0.444 e. The van der Waals surface area contributed by atoms with E-state index in [4.69, 9.17) is 4.74 Å². The van der Waals surface area contributed by atoms with Gasteiger partial charge >= 0.3 is 6.09 Å². The molecule has 0 radical (unpaired) electrons. The predicted molar refractivity (Wildman–Crippen MR) is 98.3 cm³/mol. The number of piperidine rings is 1. The van der Waals surface area contributed by atoms with Gasteiger partial charge in [0.1, 0.15) is 5.60 Å². The lowest BCUT2D eigenvalue weighted by molar-refractivity contribution is -0.138. The van der Waals surface area contributed by atoms with Crippen LogP contribution in [-0.2, 0) is 16.1 Å². The summed E-state index contributed by atoms with van der Waals surface area (Å²) >= 11 is 0. The molecule has 0 aromatic carbocycles. The average molecular weight is 359 g/mol. The quantitative estimate of drug-likeness (QED) is 0.828. The molecule has 2 fully saturated rings. The van der Waals surface area contributed by atoms with E-state index in [2.05, 4.69) is 4.98 Å². The smallest absolute Gasteiger partial charge is 0.410 e. The van der Waals surface area contributed by atoms with E-state index in [1.807, 2.05) is 44.0 Å². The first-order valence-electron chi connectivity index (χ1n) is 9.51. The first-order valence-corrected chi connectivity index (χ1v) is 9.51. The number of carbonyl (C=O) groups is 2. The number of nitrogens with zero attached hydrogens (tertiary/aromatic N) is 3. The van der Waals surface area contributed by atoms with Gasteiger partial charge in [-0.15, -0.1) is 0 Å². The van der Waals surface area contributed by atoms with Crippen LogP contribution in [0, 0.1) is 5.92 Å². The van der Waals surface area contributed by atoms with Crippen molar-refractivity contribution in [1.29, 1.82) is 0 Å². The topological polar surface area (TPSA) is 62.7 Å². The van der Waals surface area contributed by atoms with E-state index in [-0.39, 0.29) is 17.9 Å². The third-order valence-corrected chi connectivity index (χ3v) is 4.77. The van der Waals surface area contributed by atoms with E-state index < -0.39 is 5.60 Å². The maximum atomic E-state index is 13.2. The van der Waals surface area contributed by atoms with Crippen LogP contribution < -0.4 is 0 Å². The Kier molecular flexibility index (Phi) is 5.49. The zero-order chi connectivity index (χ0) is 18.7. The molecular weight excluding hydrogens is 330 g/mol. The Hall–Kier alpha value is -2.11. The molecule has 1 aliphatic heterocycles. The van der Waals surface area contributed by atoms with Gasteiger partial charge in [-0.3, -0.25) is 9.78 Å². The fraction of sp³-hybridized carbons (Fsp3) is 0.650. The highest BCUT2D eigenvalue weighted by Crippen LogP contribution is 2.31. The number of rotatable bonds is 4. The minimum Gasteiger partial charge on any atom is -0.444 e. The molecule has 0 spiro atoms. The molecule has 6 nitrogen and oxygen atoms in total. The van der Waals surface area contributed by atoms with Crippen LogP contribution in [0.5, 0.6) is 0 Å². The highest BCUT2D eigenvalue weighted by molar-refractivity contribution is 5.80. The summed E-state index contributed by atoms with van der Waals surface area (Å²) in [5, 5.41) is 0. The number of likely N-dealkylation sites (tertiary alicyclic amines) is 1. The van der Waals surface area contributed by atoms with Gasteiger partial charge in [0, 0.05) is 38.1 Å². The van der Waals surface area contributed by atoms with E-state index in [9.17, 15) is 9.59 Å². The molecule has 1 aromatic heterocycles. The number of hydrogen-bond donors (Lipinski definition) is 0. The number of amides is 2. The van der Waals surface area contributed by atoms with Gasteiger partial charge in [-0.05, 0) is 58.1 Å². The highest BCUT2D eigenvalue weighted by Gasteiger charge is 2.38. The summed E-state index contributed by atoms with van der Waals surface area (Å²) < 4.78 is 5.48. The molecule has 142 valence electrons. The summed E-state index contributed by atoms with van der Waals surface area (Å²) in [6.07, 6.45) is 7.03. The van der Waals surface area contributed by atoms with Crippen LogP contribution in [-0.4, -0.2) is 51.5 Å². The molecule has 1 atom stereocenters. The van der Waals surface area contributed by atoms with Gasteiger partial charge in [-0.1, -0.05) is 6.07 Å². The highest BCUT2D eigenvalue weighted by atomic mass is 16.6. The van der Waals surface area contributed by atoms with Crippen molar-refractivity contribution < 1.29 is 14.3 Å². The predicted octanol–water partition coefficient (Wildman–Crippen LogP) is 3.22. The Labute approximate surface area is 155 Å². The second-order valence-electron chi connectivity index (χ2n) is 8.32. The van der Waals surface area contributed by atoms with Crippen LogP contribution >= 0.6 is 0 Å².